The fraction of sp³-hybridized carbons (Fsp3) is 0.100. The van der Waals surface area contributed by atoms with E-state index < -0.39 is 34.3 Å². The average molecular weight is 432 g/mol. The molecule has 156 valence electrons. The van der Waals surface area contributed by atoms with Crippen LogP contribution in [0, 0.1) is 5.82 Å². The molecule has 0 saturated carbocycles. The second-order valence-corrected chi connectivity index (χ2v) is 7.83. The van der Waals surface area contributed by atoms with Crippen LogP contribution < -0.4 is 10.0 Å². The minimum absolute atomic E-state index is 0.0143. The number of anilines is 1. The zero-order valence-electron chi connectivity index (χ0n) is 15.5. The van der Waals surface area contributed by atoms with Crippen LogP contribution >= 0.6 is 0 Å². The van der Waals surface area contributed by atoms with Crippen molar-refractivity contribution in [2.45, 2.75) is 11.4 Å². The van der Waals surface area contributed by atoms with Gasteiger partial charge in [-0.05, 0) is 54.6 Å². The van der Waals surface area contributed by atoms with Crippen LogP contribution in [-0.2, 0) is 26.1 Å². The number of sulfonamides is 1. The second-order valence-electron chi connectivity index (χ2n) is 6.06. The Labute approximate surface area is 171 Å². The van der Waals surface area contributed by atoms with Gasteiger partial charge in [0.15, 0.2) is 6.61 Å². The van der Waals surface area contributed by atoms with Crippen molar-refractivity contribution in [3.05, 3.63) is 84.1 Å². The summed E-state index contributed by atoms with van der Waals surface area (Å²) in [5.74, 6) is -1.51. The van der Waals surface area contributed by atoms with Gasteiger partial charge in [0.2, 0.25) is 10.0 Å². The minimum Gasteiger partial charge on any atom is -0.468 e. The molecule has 8 nitrogen and oxygen atoms in total. The van der Waals surface area contributed by atoms with Crippen LogP contribution in [0.5, 0.6) is 0 Å². The van der Waals surface area contributed by atoms with Gasteiger partial charge in [0.25, 0.3) is 5.91 Å². The second kappa shape index (κ2) is 9.33. The van der Waals surface area contributed by atoms with Gasteiger partial charge in [0.1, 0.15) is 11.6 Å². The molecular formula is C20H17FN2O6S. The lowest BCUT2D eigenvalue weighted by atomic mass is 10.2. The quantitative estimate of drug-likeness (QED) is 0.529. The highest BCUT2D eigenvalue weighted by Gasteiger charge is 2.16. The number of nitrogens with one attached hydrogen (secondary N) is 2. The van der Waals surface area contributed by atoms with E-state index in [-0.39, 0.29) is 22.7 Å². The molecule has 3 aromatic rings. The molecule has 1 aromatic heterocycles. The summed E-state index contributed by atoms with van der Waals surface area (Å²) in [6, 6.07) is 13.6. The molecule has 3 rings (SSSR count). The Balaban J connectivity index is 1.53. The van der Waals surface area contributed by atoms with Crippen molar-refractivity contribution in [3.63, 3.8) is 0 Å². The van der Waals surface area contributed by atoms with E-state index in [0.717, 1.165) is 6.07 Å². The van der Waals surface area contributed by atoms with Gasteiger partial charge in [-0.25, -0.2) is 22.3 Å². The lowest BCUT2D eigenvalue weighted by Crippen LogP contribution is -2.23. The third-order valence-electron chi connectivity index (χ3n) is 3.86. The van der Waals surface area contributed by atoms with Gasteiger partial charge in [-0.2, -0.15) is 0 Å². The fourth-order valence-corrected chi connectivity index (χ4v) is 3.40. The molecule has 0 unspecified atom stereocenters. The smallest absolute Gasteiger partial charge is 0.338 e. The van der Waals surface area contributed by atoms with Crippen LogP contribution in [0.2, 0.25) is 0 Å². The Kier molecular flexibility index (Phi) is 6.60. The first-order valence-electron chi connectivity index (χ1n) is 8.68. The van der Waals surface area contributed by atoms with Gasteiger partial charge >= 0.3 is 5.97 Å². The number of hydrogen-bond acceptors (Lipinski definition) is 6. The number of benzene rings is 2. The molecular weight excluding hydrogens is 415 g/mol. The Bertz CT molecular complexity index is 1130. The highest BCUT2D eigenvalue weighted by atomic mass is 32.2. The summed E-state index contributed by atoms with van der Waals surface area (Å²) in [5, 5.41) is 2.39. The topological polar surface area (TPSA) is 115 Å². The number of hydrogen-bond donors (Lipinski definition) is 2. The normalized spacial score (nSPS) is 11.1. The van der Waals surface area contributed by atoms with Gasteiger partial charge in [-0.3, -0.25) is 4.79 Å². The number of amides is 1. The Morgan fingerprint density at radius 2 is 1.80 bits per heavy atom. The number of carbonyl (C=O) groups is 2. The highest BCUT2D eigenvalue weighted by Crippen LogP contribution is 2.13. The van der Waals surface area contributed by atoms with E-state index in [0.29, 0.717) is 5.76 Å². The average Bonchev–Trinajstić information content (AvgIpc) is 3.24. The maximum atomic E-state index is 13.1. The van der Waals surface area contributed by atoms with Crippen LogP contribution in [0.4, 0.5) is 10.1 Å². The number of halogens is 1. The molecule has 30 heavy (non-hydrogen) atoms. The van der Waals surface area contributed by atoms with Crippen LogP contribution in [0.3, 0.4) is 0 Å². The summed E-state index contributed by atoms with van der Waals surface area (Å²) in [6.45, 7) is -0.598. The third kappa shape index (κ3) is 5.75. The van der Waals surface area contributed by atoms with E-state index in [1.165, 1.54) is 48.7 Å². The molecule has 10 heteroatoms. The number of carbonyl (C=O) groups excluding carboxylic acids is 2. The lowest BCUT2D eigenvalue weighted by Gasteiger charge is -2.08. The fourth-order valence-electron chi connectivity index (χ4n) is 2.41. The maximum absolute atomic E-state index is 13.1. The molecule has 0 saturated heterocycles. The van der Waals surface area contributed by atoms with Crippen molar-refractivity contribution in [1.82, 2.24) is 4.72 Å². The molecule has 2 N–H and O–H groups in total. The van der Waals surface area contributed by atoms with Crippen molar-refractivity contribution in [2.24, 2.45) is 0 Å². The Morgan fingerprint density at radius 1 is 1.03 bits per heavy atom. The van der Waals surface area contributed by atoms with Crippen LogP contribution in [0.25, 0.3) is 0 Å². The molecule has 1 heterocycles. The zero-order chi connectivity index (χ0) is 21.6. The van der Waals surface area contributed by atoms with Gasteiger partial charge in [-0.15, -0.1) is 0 Å². The number of rotatable bonds is 8. The van der Waals surface area contributed by atoms with E-state index in [9.17, 15) is 22.4 Å². The summed E-state index contributed by atoms with van der Waals surface area (Å²) < 4.78 is 50.0. The van der Waals surface area contributed by atoms with E-state index in [2.05, 4.69) is 10.0 Å². The summed E-state index contributed by atoms with van der Waals surface area (Å²) >= 11 is 0. The summed E-state index contributed by atoms with van der Waals surface area (Å²) in [6.07, 6.45) is 1.43. The van der Waals surface area contributed by atoms with Crippen LogP contribution in [0.1, 0.15) is 16.1 Å². The molecule has 0 radical (unpaired) electrons. The Morgan fingerprint density at radius 3 is 2.47 bits per heavy atom. The number of furan rings is 1. The predicted molar refractivity (Wildman–Crippen MR) is 104 cm³/mol. The van der Waals surface area contributed by atoms with Gasteiger partial charge < -0.3 is 14.5 Å². The standard InChI is InChI=1S/C20H17FN2O6S/c21-15-3-1-4-16(11-15)23-19(24)13-29-20(25)14-6-8-18(9-7-14)30(26,27)22-12-17-5-2-10-28-17/h1-11,22H,12-13H2,(H,23,24). The van der Waals surface area contributed by atoms with E-state index in [4.69, 9.17) is 9.15 Å². The molecule has 0 aliphatic carbocycles. The molecule has 1 amide bonds. The zero-order valence-corrected chi connectivity index (χ0v) is 16.3. The van der Waals surface area contributed by atoms with Crippen LogP contribution in [-0.4, -0.2) is 26.9 Å². The molecule has 0 aliphatic rings. The van der Waals surface area contributed by atoms with Crippen LogP contribution in [0.15, 0.2) is 76.2 Å². The first kappa shape index (κ1) is 21.2. The highest BCUT2D eigenvalue weighted by molar-refractivity contribution is 7.89. The minimum atomic E-state index is -3.80. The van der Waals surface area contributed by atoms with Crippen molar-refractivity contribution >= 4 is 27.6 Å². The van der Waals surface area contributed by atoms with Crippen molar-refractivity contribution < 1.29 is 31.6 Å². The van der Waals surface area contributed by atoms with Gasteiger partial charge in [-0.1, -0.05) is 6.07 Å². The van der Waals surface area contributed by atoms with Crippen molar-refractivity contribution in [2.75, 3.05) is 11.9 Å². The maximum Gasteiger partial charge on any atom is 0.338 e. The monoisotopic (exact) mass is 432 g/mol. The molecule has 0 bridgehead atoms. The van der Waals surface area contributed by atoms with E-state index in [1.807, 2.05) is 0 Å². The summed E-state index contributed by atoms with van der Waals surface area (Å²) in [7, 11) is -3.80. The number of ether oxygens (including phenoxy) is 1. The SMILES string of the molecule is O=C(COC(=O)c1ccc(S(=O)(=O)NCc2ccco2)cc1)Nc1cccc(F)c1. The molecule has 0 aliphatic heterocycles. The third-order valence-corrected chi connectivity index (χ3v) is 5.28. The number of esters is 1. The van der Waals surface area contributed by atoms with Crippen molar-refractivity contribution in [3.8, 4) is 0 Å². The largest absolute Gasteiger partial charge is 0.468 e. The van der Waals surface area contributed by atoms with E-state index >= 15 is 0 Å². The summed E-state index contributed by atoms with van der Waals surface area (Å²) in [5.41, 5.74) is 0.297. The van der Waals surface area contributed by atoms with E-state index in [1.54, 1.807) is 12.1 Å². The van der Waals surface area contributed by atoms with Gasteiger partial charge in [0, 0.05) is 5.69 Å². The van der Waals surface area contributed by atoms with Gasteiger partial charge in [0.05, 0.1) is 23.3 Å². The molecule has 0 spiro atoms. The van der Waals surface area contributed by atoms with Crippen molar-refractivity contribution in [1.29, 1.82) is 0 Å². The molecule has 2 aromatic carbocycles. The lowest BCUT2D eigenvalue weighted by molar-refractivity contribution is -0.119. The first-order valence-corrected chi connectivity index (χ1v) is 10.2. The predicted octanol–water partition coefficient (Wildman–Crippen LogP) is 2.69. The first-order chi connectivity index (χ1) is 14.3. The summed E-state index contributed by atoms with van der Waals surface area (Å²) in [4.78, 5) is 23.8. The molecule has 0 atom stereocenters. The Hall–Kier alpha value is -3.50. The molecule has 0 fully saturated rings.